The van der Waals surface area contributed by atoms with E-state index < -0.39 is 5.97 Å². The molecule has 0 aliphatic carbocycles. The highest BCUT2D eigenvalue weighted by molar-refractivity contribution is 6.31. The van der Waals surface area contributed by atoms with Crippen LogP contribution in [-0.2, 0) is 24.8 Å². The van der Waals surface area contributed by atoms with Gasteiger partial charge in [-0.2, -0.15) is 5.10 Å². The second-order valence-electron chi connectivity index (χ2n) is 4.74. The van der Waals surface area contributed by atoms with Crippen molar-refractivity contribution in [3.05, 3.63) is 16.4 Å². The van der Waals surface area contributed by atoms with E-state index in [0.29, 0.717) is 19.5 Å². The molecule has 0 spiro atoms. The van der Waals surface area contributed by atoms with Crippen LogP contribution in [0.3, 0.4) is 0 Å². The van der Waals surface area contributed by atoms with E-state index in [9.17, 15) is 4.79 Å². The van der Waals surface area contributed by atoms with E-state index in [-0.39, 0.29) is 5.92 Å². The molecule has 0 saturated carbocycles. The van der Waals surface area contributed by atoms with Crippen molar-refractivity contribution < 1.29 is 9.90 Å². The van der Waals surface area contributed by atoms with Gasteiger partial charge in [0.05, 0.1) is 22.3 Å². The third-order valence-corrected chi connectivity index (χ3v) is 3.93. The van der Waals surface area contributed by atoms with Crippen LogP contribution in [0.2, 0.25) is 5.02 Å². The molecule has 2 heterocycles. The third kappa shape index (κ3) is 2.52. The molecule has 0 aromatic carbocycles. The molecule has 1 aromatic heterocycles. The average Bonchev–Trinajstić information content (AvgIpc) is 2.89. The van der Waals surface area contributed by atoms with Crippen LogP contribution in [0.4, 0.5) is 0 Å². The number of aliphatic carboxylic acids is 1. The Hall–Kier alpha value is -1.07. The fourth-order valence-electron chi connectivity index (χ4n) is 2.38. The highest BCUT2D eigenvalue weighted by Gasteiger charge is 2.29. The normalized spacial score (nSPS) is 20.5. The Kier molecular flexibility index (Phi) is 3.92. The maximum absolute atomic E-state index is 10.9. The second kappa shape index (κ2) is 5.28. The number of aryl methyl sites for hydroxylation is 2. The van der Waals surface area contributed by atoms with Gasteiger partial charge in [0.15, 0.2) is 0 Å². The van der Waals surface area contributed by atoms with Gasteiger partial charge in [0, 0.05) is 20.1 Å². The minimum Gasteiger partial charge on any atom is -0.481 e. The topological polar surface area (TPSA) is 58.4 Å². The van der Waals surface area contributed by atoms with Gasteiger partial charge in [0.2, 0.25) is 0 Å². The van der Waals surface area contributed by atoms with E-state index in [2.05, 4.69) is 10.00 Å². The van der Waals surface area contributed by atoms with Crippen molar-refractivity contribution >= 4 is 17.6 Å². The molecule has 1 aromatic rings. The number of carboxylic acids is 1. The lowest BCUT2D eigenvalue weighted by molar-refractivity contribution is -0.141. The number of carboxylic acid groups (broad SMARTS) is 1. The van der Waals surface area contributed by atoms with Crippen LogP contribution >= 0.6 is 11.6 Å². The van der Waals surface area contributed by atoms with Crippen molar-refractivity contribution in [2.75, 3.05) is 13.1 Å². The first-order valence-electron chi connectivity index (χ1n) is 6.18. The monoisotopic (exact) mass is 271 g/mol. The second-order valence-corrected chi connectivity index (χ2v) is 5.12. The summed E-state index contributed by atoms with van der Waals surface area (Å²) >= 11 is 6.28. The summed E-state index contributed by atoms with van der Waals surface area (Å²) in [7, 11) is 1.88. The van der Waals surface area contributed by atoms with Crippen molar-refractivity contribution in [2.45, 2.75) is 26.3 Å². The first-order chi connectivity index (χ1) is 8.52. The number of hydrogen-bond acceptors (Lipinski definition) is 3. The molecule has 1 aliphatic heterocycles. The minimum absolute atomic E-state index is 0.248. The number of carbonyl (C=O) groups is 1. The Balaban J connectivity index is 2.07. The summed E-state index contributed by atoms with van der Waals surface area (Å²) in [5, 5.41) is 14.1. The summed E-state index contributed by atoms with van der Waals surface area (Å²) in [5.74, 6) is -0.953. The van der Waals surface area contributed by atoms with Crippen LogP contribution in [-0.4, -0.2) is 38.8 Å². The van der Waals surface area contributed by atoms with Crippen molar-refractivity contribution in [1.29, 1.82) is 0 Å². The number of aromatic nitrogens is 2. The number of hydrogen-bond donors (Lipinski definition) is 1. The fraction of sp³-hybridized carbons (Fsp3) is 0.667. The van der Waals surface area contributed by atoms with Gasteiger partial charge in [0.25, 0.3) is 0 Å². The molecule has 1 aliphatic rings. The molecular weight excluding hydrogens is 254 g/mol. The van der Waals surface area contributed by atoms with Gasteiger partial charge in [-0.1, -0.05) is 18.5 Å². The first kappa shape index (κ1) is 13.4. The molecule has 1 unspecified atom stereocenters. The van der Waals surface area contributed by atoms with Crippen LogP contribution < -0.4 is 0 Å². The summed E-state index contributed by atoms with van der Waals surface area (Å²) in [4.78, 5) is 13.0. The van der Waals surface area contributed by atoms with Crippen molar-refractivity contribution in [3.8, 4) is 0 Å². The molecule has 0 bridgehead atoms. The van der Waals surface area contributed by atoms with E-state index in [1.54, 1.807) is 4.68 Å². The maximum atomic E-state index is 10.9. The number of rotatable bonds is 4. The van der Waals surface area contributed by atoms with Crippen LogP contribution in [0.15, 0.2) is 0 Å². The van der Waals surface area contributed by atoms with Gasteiger partial charge >= 0.3 is 5.97 Å². The first-order valence-corrected chi connectivity index (χ1v) is 6.56. The molecule has 2 rings (SSSR count). The lowest BCUT2D eigenvalue weighted by Crippen LogP contribution is -2.24. The molecule has 1 atom stereocenters. The molecule has 5 nitrogen and oxygen atoms in total. The molecule has 0 radical (unpaired) electrons. The summed E-state index contributed by atoms with van der Waals surface area (Å²) in [6.45, 7) is 4.10. The molecule has 1 saturated heterocycles. The van der Waals surface area contributed by atoms with E-state index in [0.717, 1.165) is 29.4 Å². The number of nitrogens with zero attached hydrogens (tertiary/aromatic N) is 3. The Labute approximate surface area is 111 Å². The average molecular weight is 272 g/mol. The van der Waals surface area contributed by atoms with Gasteiger partial charge < -0.3 is 5.11 Å². The van der Waals surface area contributed by atoms with Crippen LogP contribution in [0.5, 0.6) is 0 Å². The largest absolute Gasteiger partial charge is 0.481 e. The summed E-state index contributed by atoms with van der Waals surface area (Å²) in [6.07, 6.45) is 1.52. The molecule has 6 heteroatoms. The zero-order valence-electron chi connectivity index (χ0n) is 10.7. The minimum atomic E-state index is -0.706. The van der Waals surface area contributed by atoms with E-state index in [4.69, 9.17) is 16.7 Å². The zero-order valence-corrected chi connectivity index (χ0v) is 11.4. The van der Waals surface area contributed by atoms with Crippen LogP contribution in [0.25, 0.3) is 0 Å². The van der Waals surface area contributed by atoms with E-state index in [1.807, 2.05) is 14.0 Å². The third-order valence-electron chi connectivity index (χ3n) is 3.50. The van der Waals surface area contributed by atoms with E-state index in [1.165, 1.54) is 0 Å². The predicted octanol–water partition coefficient (Wildman–Crippen LogP) is 1.54. The highest BCUT2D eigenvalue weighted by atomic mass is 35.5. The summed E-state index contributed by atoms with van der Waals surface area (Å²) in [6, 6.07) is 0. The summed E-state index contributed by atoms with van der Waals surface area (Å²) in [5.41, 5.74) is 1.88. The molecule has 0 amide bonds. The molecule has 18 heavy (non-hydrogen) atoms. The van der Waals surface area contributed by atoms with Crippen LogP contribution in [0, 0.1) is 5.92 Å². The van der Waals surface area contributed by atoms with Crippen molar-refractivity contribution in [3.63, 3.8) is 0 Å². The SMILES string of the molecule is CCc1nn(C)c(CN2CCC(C(=O)O)C2)c1Cl. The highest BCUT2D eigenvalue weighted by Crippen LogP contribution is 2.25. The standard InChI is InChI=1S/C12H18ClN3O2/c1-3-9-11(13)10(15(2)14-9)7-16-5-4-8(6-16)12(17)18/h8H,3-7H2,1-2H3,(H,17,18). The Morgan fingerprint density at radius 3 is 2.83 bits per heavy atom. The van der Waals surface area contributed by atoms with Gasteiger partial charge in [-0.15, -0.1) is 0 Å². The van der Waals surface area contributed by atoms with Gasteiger partial charge in [-0.3, -0.25) is 14.4 Å². The lowest BCUT2D eigenvalue weighted by atomic mass is 10.1. The van der Waals surface area contributed by atoms with Gasteiger partial charge in [-0.25, -0.2) is 0 Å². The quantitative estimate of drug-likeness (QED) is 0.903. The zero-order chi connectivity index (χ0) is 13.3. The lowest BCUT2D eigenvalue weighted by Gasteiger charge is -2.15. The van der Waals surface area contributed by atoms with Gasteiger partial charge in [-0.05, 0) is 19.4 Å². The maximum Gasteiger partial charge on any atom is 0.307 e. The van der Waals surface area contributed by atoms with Crippen molar-refractivity contribution in [2.24, 2.45) is 13.0 Å². The Morgan fingerprint density at radius 2 is 2.33 bits per heavy atom. The summed E-state index contributed by atoms with van der Waals surface area (Å²) < 4.78 is 1.80. The Morgan fingerprint density at radius 1 is 1.61 bits per heavy atom. The Bertz CT molecular complexity index is 458. The van der Waals surface area contributed by atoms with Gasteiger partial charge in [0.1, 0.15) is 0 Å². The number of halogens is 1. The van der Waals surface area contributed by atoms with Crippen LogP contribution in [0.1, 0.15) is 24.7 Å². The fourth-order valence-corrected chi connectivity index (χ4v) is 2.73. The van der Waals surface area contributed by atoms with E-state index >= 15 is 0 Å². The molecule has 100 valence electrons. The van der Waals surface area contributed by atoms with Crippen molar-refractivity contribution in [1.82, 2.24) is 14.7 Å². The molecule has 1 N–H and O–H groups in total. The molecule has 1 fully saturated rings. The molecular formula is C12H18ClN3O2. The predicted molar refractivity (Wildman–Crippen MR) is 68.6 cm³/mol. The smallest absolute Gasteiger partial charge is 0.307 e. The number of likely N-dealkylation sites (tertiary alicyclic amines) is 1.